The lowest BCUT2D eigenvalue weighted by Gasteiger charge is -2.35. The third-order valence-corrected chi connectivity index (χ3v) is 3.98. The van der Waals surface area contributed by atoms with E-state index in [1.807, 2.05) is 12.1 Å². The van der Waals surface area contributed by atoms with Gasteiger partial charge < -0.3 is 18.2 Å². The van der Waals surface area contributed by atoms with Gasteiger partial charge in [-0.05, 0) is 12.1 Å². The minimum atomic E-state index is -1.06. The van der Waals surface area contributed by atoms with E-state index in [4.69, 9.17) is 18.2 Å². The van der Waals surface area contributed by atoms with Gasteiger partial charge in [-0.15, -0.1) is 0 Å². The van der Waals surface area contributed by atoms with Gasteiger partial charge in [0.2, 0.25) is 8.38 Å². The average Bonchev–Trinajstić information content (AvgIpc) is 2.75. The van der Waals surface area contributed by atoms with Crippen LogP contribution in [0.25, 0.3) is 0 Å². The van der Waals surface area contributed by atoms with Crippen LogP contribution in [0.15, 0.2) is 22.8 Å². The molecule has 0 radical (unpaired) electrons. The summed E-state index contributed by atoms with van der Waals surface area (Å²) >= 11 is 0. The Morgan fingerprint density at radius 1 is 1.38 bits per heavy atom. The monoisotopic (exact) mass is 244 g/mol. The van der Waals surface area contributed by atoms with Crippen molar-refractivity contribution in [2.24, 2.45) is 5.41 Å². The predicted octanol–water partition coefficient (Wildman–Crippen LogP) is 3.31. The molecule has 16 heavy (non-hydrogen) atoms. The van der Waals surface area contributed by atoms with Crippen LogP contribution in [0.4, 0.5) is 0 Å². The predicted molar refractivity (Wildman–Crippen MR) is 61.1 cm³/mol. The molecule has 0 aliphatic carbocycles. The summed E-state index contributed by atoms with van der Waals surface area (Å²) in [6.45, 7) is 5.63. The van der Waals surface area contributed by atoms with Crippen LogP contribution in [0.2, 0.25) is 0 Å². The van der Waals surface area contributed by atoms with Crippen molar-refractivity contribution in [2.75, 3.05) is 20.3 Å². The molecule has 5 heteroatoms. The molecule has 0 spiro atoms. The number of hydrogen-bond donors (Lipinski definition) is 0. The molecule has 1 aliphatic heterocycles. The van der Waals surface area contributed by atoms with E-state index in [9.17, 15) is 0 Å². The summed E-state index contributed by atoms with van der Waals surface area (Å²) in [5.74, 6) is 0.523. The molecule has 1 unspecified atom stereocenters. The van der Waals surface area contributed by atoms with Gasteiger partial charge >= 0.3 is 0 Å². The summed E-state index contributed by atoms with van der Waals surface area (Å²) in [4.78, 5) is 0. The van der Waals surface area contributed by atoms with Crippen molar-refractivity contribution in [1.29, 1.82) is 0 Å². The Kier molecular flexibility index (Phi) is 3.65. The van der Waals surface area contributed by atoms with Crippen LogP contribution in [-0.4, -0.2) is 20.3 Å². The van der Waals surface area contributed by atoms with Gasteiger partial charge in [0.15, 0.2) is 5.85 Å². The molecular formula is C11H17O4P. The molecule has 2 heterocycles. The van der Waals surface area contributed by atoms with E-state index < -0.39 is 8.38 Å². The Hall–Kier alpha value is -0.410. The van der Waals surface area contributed by atoms with E-state index in [1.54, 1.807) is 13.4 Å². The Bertz CT molecular complexity index is 313. The first-order chi connectivity index (χ1) is 7.62. The highest BCUT2D eigenvalue weighted by molar-refractivity contribution is 7.47. The molecule has 90 valence electrons. The summed E-state index contributed by atoms with van der Waals surface area (Å²) < 4.78 is 22.2. The van der Waals surface area contributed by atoms with Crippen LogP contribution in [-0.2, 0) is 13.8 Å². The Balaban J connectivity index is 2.02. The SMILES string of the molecule is COC(c1ccco1)P1OCC(C)(C)CO1. The summed E-state index contributed by atoms with van der Waals surface area (Å²) in [6.07, 6.45) is 1.63. The van der Waals surface area contributed by atoms with Crippen molar-refractivity contribution in [3.8, 4) is 0 Å². The minimum Gasteiger partial charge on any atom is -0.466 e. The number of ether oxygens (including phenoxy) is 1. The maximum atomic E-state index is 5.73. The Morgan fingerprint density at radius 2 is 2.06 bits per heavy atom. The highest BCUT2D eigenvalue weighted by Crippen LogP contribution is 2.57. The van der Waals surface area contributed by atoms with Crippen LogP contribution in [0, 0.1) is 5.41 Å². The summed E-state index contributed by atoms with van der Waals surface area (Å²) in [7, 11) is 0.581. The highest BCUT2D eigenvalue weighted by Gasteiger charge is 2.36. The quantitative estimate of drug-likeness (QED) is 0.765. The summed E-state index contributed by atoms with van der Waals surface area (Å²) in [5, 5.41) is 0. The third kappa shape index (κ3) is 2.64. The molecule has 0 saturated carbocycles. The van der Waals surface area contributed by atoms with Crippen LogP contribution in [0.1, 0.15) is 25.5 Å². The summed E-state index contributed by atoms with van der Waals surface area (Å²) in [6, 6.07) is 3.72. The molecule has 0 aromatic carbocycles. The Morgan fingerprint density at radius 3 is 2.56 bits per heavy atom. The third-order valence-electron chi connectivity index (χ3n) is 2.37. The fraction of sp³-hybridized carbons (Fsp3) is 0.636. The number of rotatable bonds is 3. The largest absolute Gasteiger partial charge is 0.466 e. The van der Waals surface area contributed by atoms with Gasteiger partial charge in [0.05, 0.1) is 19.5 Å². The summed E-state index contributed by atoms with van der Waals surface area (Å²) in [5.41, 5.74) is 0.0836. The molecule has 0 bridgehead atoms. The van der Waals surface area contributed by atoms with E-state index in [0.29, 0.717) is 13.2 Å². The van der Waals surface area contributed by atoms with E-state index in [0.717, 1.165) is 5.76 Å². The molecule has 4 nitrogen and oxygen atoms in total. The molecule has 1 saturated heterocycles. The molecule has 1 atom stereocenters. The van der Waals surface area contributed by atoms with Gasteiger partial charge in [0.1, 0.15) is 5.76 Å². The molecular weight excluding hydrogens is 227 g/mol. The minimum absolute atomic E-state index is 0.0836. The second-order valence-corrected chi connectivity index (χ2v) is 6.16. The number of furan rings is 1. The van der Waals surface area contributed by atoms with Crippen molar-refractivity contribution >= 4 is 8.38 Å². The lowest BCUT2D eigenvalue weighted by molar-refractivity contribution is 0.0339. The first-order valence-corrected chi connectivity index (χ1v) is 6.48. The average molecular weight is 244 g/mol. The maximum absolute atomic E-state index is 5.73. The normalized spacial score (nSPS) is 23.2. The number of methoxy groups -OCH3 is 1. The molecule has 1 aromatic heterocycles. The second kappa shape index (κ2) is 4.84. The van der Waals surface area contributed by atoms with Gasteiger partial charge in [-0.3, -0.25) is 0 Å². The van der Waals surface area contributed by atoms with Crippen LogP contribution in [0.3, 0.4) is 0 Å². The molecule has 0 amide bonds. The van der Waals surface area contributed by atoms with Crippen molar-refractivity contribution in [2.45, 2.75) is 19.7 Å². The molecule has 2 rings (SSSR count). The lowest BCUT2D eigenvalue weighted by atomic mass is 9.97. The smallest absolute Gasteiger partial charge is 0.209 e. The fourth-order valence-electron chi connectivity index (χ4n) is 1.43. The van der Waals surface area contributed by atoms with Crippen molar-refractivity contribution in [1.82, 2.24) is 0 Å². The van der Waals surface area contributed by atoms with E-state index in [-0.39, 0.29) is 11.3 Å². The van der Waals surface area contributed by atoms with E-state index in [1.165, 1.54) is 0 Å². The van der Waals surface area contributed by atoms with Gasteiger partial charge in [-0.2, -0.15) is 0 Å². The number of hydrogen-bond acceptors (Lipinski definition) is 4. The Labute approximate surface area is 96.8 Å². The van der Waals surface area contributed by atoms with Crippen molar-refractivity contribution in [3.05, 3.63) is 24.2 Å². The van der Waals surface area contributed by atoms with Gasteiger partial charge in [0, 0.05) is 12.5 Å². The van der Waals surface area contributed by atoms with Crippen LogP contribution >= 0.6 is 8.38 Å². The molecule has 0 N–H and O–H groups in total. The first-order valence-electron chi connectivity index (χ1n) is 5.24. The maximum Gasteiger partial charge on any atom is 0.209 e. The lowest BCUT2D eigenvalue weighted by Crippen LogP contribution is -2.29. The topological polar surface area (TPSA) is 40.8 Å². The van der Waals surface area contributed by atoms with Crippen molar-refractivity contribution in [3.63, 3.8) is 0 Å². The van der Waals surface area contributed by atoms with Gasteiger partial charge in [-0.1, -0.05) is 13.8 Å². The van der Waals surface area contributed by atoms with Gasteiger partial charge in [-0.25, -0.2) is 0 Å². The van der Waals surface area contributed by atoms with E-state index in [2.05, 4.69) is 13.8 Å². The molecule has 1 aromatic rings. The zero-order valence-corrected chi connectivity index (χ0v) is 10.7. The zero-order chi connectivity index (χ0) is 11.6. The molecule has 1 fully saturated rings. The van der Waals surface area contributed by atoms with Crippen LogP contribution < -0.4 is 0 Å². The van der Waals surface area contributed by atoms with E-state index >= 15 is 0 Å². The highest BCUT2D eigenvalue weighted by atomic mass is 31.2. The second-order valence-electron chi connectivity index (χ2n) is 4.60. The first kappa shape index (κ1) is 12.1. The zero-order valence-electron chi connectivity index (χ0n) is 9.80. The molecule has 1 aliphatic rings. The van der Waals surface area contributed by atoms with Crippen LogP contribution in [0.5, 0.6) is 0 Å². The van der Waals surface area contributed by atoms with Gasteiger partial charge in [0.25, 0.3) is 0 Å². The fourth-order valence-corrected chi connectivity index (χ4v) is 3.25. The van der Waals surface area contributed by atoms with Crippen molar-refractivity contribution < 1.29 is 18.2 Å². The standard InChI is InChI=1S/C11H17O4P/c1-11(2)7-14-16(15-8-11)10(12-3)9-5-4-6-13-9/h4-6,10H,7-8H2,1-3H3.